The molecule has 0 saturated heterocycles. The van der Waals surface area contributed by atoms with Crippen molar-refractivity contribution in [1.29, 1.82) is 0 Å². The SMILES string of the molecule is CCC(CC)(c1ccc(Cl)cc1)c1nn(CC(=O)O)c2ccccc12. The lowest BCUT2D eigenvalue weighted by Crippen LogP contribution is -2.27. The molecule has 25 heavy (non-hydrogen) atoms. The van der Waals surface area contributed by atoms with E-state index in [2.05, 4.69) is 13.8 Å². The summed E-state index contributed by atoms with van der Waals surface area (Å²) >= 11 is 6.07. The summed E-state index contributed by atoms with van der Waals surface area (Å²) in [6, 6.07) is 15.7. The van der Waals surface area contributed by atoms with Crippen molar-refractivity contribution in [2.24, 2.45) is 0 Å². The lowest BCUT2D eigenvalue weighted by molar-refractivity contribution is -0.137. The van der Waals surface area contributed by atoms with E-state index in [9.17, 15) is 9.90 Å². The molecule has 1 heterocycles. The molecule has 2 aromatic carbocycles. The molecule has 0 saturated carbocycles. The van der Waals surface area contributed by atoms with Gasteiger partial charge in [-0.1, -0.05) is 55.8 Å². The molecule has 3 rings (SSSR count). The topological polar surface area (TPSA) is 55.1 Å². The average molecular weight is 357 g/mol. The van der Waals surface area contributed by atoms with Gasteiger partial charge in [-0.3, -0.25) is 9.48 Å². The van der Waals surface area contributed by atoms with Crippen LogP contribution >= 0.6 is 11.6 Å². The van der Waals surface area contributed by atoms with E-state index in [1.165, 1.54) is 0 Å². The van der Waals surface area contributed by atoms with Crippen LogP contribution in [-0.2, 0) is 16.8 Å². The largest absolute Gasteiger partial charge is 0.480 e. The first kappa shape index (κ1) is 17.5. The van der Waals surface area contributed by atoms with Gasteiger partial charge in [0.25, 0.3) is 0 Å². The van der Waals surface area contributed by atoms with E-state index >= 15 is 0 Å². The third kappa shape index (κ3) is 3.02. The van der Waals surface area contributed by atoms with Crippen LogP contribution < -0.4 is 0 Å². The minimum Gasteiger partial charge on any atom is -0.480 e. The molecule has 0 aliphatic heterocycles. The molecule has 0 fully saturated rings. The summed E-state index contributed by atoms with van der Waals surface area (Å²) in [7, 11) is 0. The van der Waals surface area contributed by atoms with Gasteiger partial charge in [0.2, 0.25) is 0 Å². The highest BCUT2D eigenvalue weighted by atomic mass is 35.5. The van der Waals surface area contributed by atoms with E-state index in [-0.39, 0.29) is 12.0 Å². The van der Waals surface area contributed by atoms with Gasteiger partial charge in [0.15, 0.2) is 0 Å². The van der Waals surface area contributed by atoms with Crippen molar-refractivity contribution in [1.82, 2.24) is 9.78 Å². The van der Waals surface area contributed by atoms with E-state index in [0.717, 1.165) is 35.0 Å². The predicted octanol–water partition coefficient (Wildman–Crippen LogP) is 4.88. The first-order chi connectivity index (χ1) is 12.0. The zero-order valence-electron chi connectivity index (χ0n) is 14.4. The third-order valence-corrected chi connectivity index (χ3v) is 5.25. The fraction of sp³-hybridized carbons (Fsp3) is 0.300. The maximum atomic E-state index is 11.2. The van der Waals surface area contributed by atoms with Crippen LogP contribution in [-0.4, -0.2) is 20.9 Å². The molecule has 0 atom stereocenters. The zero-order chi connectivity index (χ0) is 18.0. The van der Waals surface area contributed by atoms with Crippen LogP contribution in [0, 0.1) is 0 Å². The summed E-state index contributed by atoms with van der Waals surface area (Å²) in [5.41, 5.74) is 2.64. The van der Waals surface area contributed by atoms with Gasteiger partial charge >= 0.3 is 5.97 Å². The van der Waals surface area contributed by atoms with Crippen molar-refractivity contribution in [2.75, 3.05) is 0 Å². The molecule has 0 radical (unpaired) electrons. The lowest BCUT2D eigenvalue weighted by atomic mass is 9.72. The number of aliphatic carboxylic acids is 1. The zero-order valence-corrected chi connectivity index (χ0v) is 15.1. The number of nitrogens with zero attached hydrogens (tertiary/aromatic N) is 2. The van der Waals surface area contributed by atoms with Crippen LogP contribution in [0.5, 0.6) is 0 Å². The minimum absolute atomic E-state index is 0.148. The Hall–Kier alpha value is -2.33. The molecule has 3 aromatic rings. The molecule has 4 nitrogen and oxygen atoms in total. The number of aromatic nitrogens is 2. The molecule has 130 valence electrons. The molecule has 0 amide bonds. The van der Waals surface area contributed by atoms with Gasteiger partial charge in [0, 0.05) is 15.8 Å². The summed E-state index contributed by atoms with van der Waals surface area (Å²) in [5, 5.41) is 15.7. The second-order valence-electron chi connectivity index (χ2n) is 6.21. The maximum absolute atomic E-state index is 11.2. The number of carboxylic acids is 1. The highest BCUT2D eigenvalue weighted by molar-refractivity contribution is 6.30. The third-order valence-electron chi connectivity index (χ3n) is 5.00. The first-order valence-corrected chi connectivity index (χ1v) is 8.83. The number of para-hydroxylation sites is 1. The highest BCUT2D eigenvalue weighted by Gasteiger charge is 2.35. The summed E-state index contributed by atoms with van der Waals surface area (Å²) < 4.78 is 1.59. The molecule has 1 aromatic heterocycles. The molecule has 0 aliphatic carbocycles. The van der Waals surface area contributed by atoms with Crippen molar-refractivity contribution in [3.63, 3.8) is 0 Å². The Morgan fingerprint density at radius 2 is 1.76 bits per heavy atom. The standard InChI is InChI=1S/C20H21ClN2O2/c1-3-20(4-2,14-9-11-15(21)12-10-14)19-16-7-5-6-8-17(16)23(22-19)13-18(24)25/h5-12H,3-4,13H2,1-2H3,(H,24,25). The quantitative estimate of drug-likeness (QED) is 0.684. The van der Waals surface area contributed by atoms with E-state index in [1.807, 2.05) is 48.5 Å². The molecule has 0 aliphatic rings. The van der Waals surface area contributed by atoms with Crippen molar-refractivity contribution in [3.8, 4) is 0 Å². The Balaban J connectivity index is 2.26. The molecule has 5 heteroatoms. The number of carbonyl (C=O) groups is 1. The fourth-order valence-corrected chi connectivity index (χ4v) is 3.75. The number of hydrogen-bond acceptors (Lipinski definition) is 2. The summed E-state index contributed by atoms with van der Waals surface area (Å²) in [5.74, 6) is -0.898. The van der Waals surface area contributed by atoms with Gasteiger partial charge in [0.05, 0.1) is 11.2 Å². The van der Waals surface area contributed by atoms with Gasteiger partial charge < -0.3 is 5.11 Å². The van der Waals surface area contributed by atoms with Crippen LogP contribution in [0.4, 0.5) is 0 Å². The molecule has 0 spiro atoms. The van der Waals surface area contributed by atoms with Crippen molar-refractivity contribution in [2.45, 2.75) is 38.6 Å². The number of fused-ring (bicyclic) bond motifs is 1. The molecular formula is C20H21ClN2O2. The van der Waals surface area contributed by atoms with Crippen molar-refractivity contribution < 1.29 is 9.90 Å². The molecular weight excluding hydrogens is 336 g/mol. The van der Waals surface area contributed by atoms with Crippen molar-refractivity contribution >= 4 is 28.5 Å². The Morgan fingerprint density at radius 3 is 2.36 bits per heavy atom. The monoisotopic (exact) mass is 356 g/mol. The van der Waals surface area contributed by atoms with Gasteiger partial charge in [-0.05, 0) is 36.6 Å². The maximum Gasteiger partial charge on any atom is 0.325 e. The summed E-state index contributed by atoms with van der Waals surface area (Å²) in [4.78, 5) is 11.2. The highest BCUT2D eigenvalue weighted by Crippen LogP contribution is 2.41. The molecule has 0 unspecified atom stereocenters. The number of halogens is 1. The predicted molar refractivity (Wildman–Crippen MR) is 100 cm³/mol. The van der Waals surface area contributed by atoms with E-state index < -0.39 is 5.97 Å². The Bertz CT molecular complexity index is 896. The van der Waals surface area contributed by atoms with Crippen LogP contribution in [0.15, 0.2) is 48.5 Å². The number of benzene rings is 2. The van der Waals surface area contributed by atoms with Gasteiger partial charge in [0.1, 0.15) is 6.54 Å². The Morgan fingerprint density at radius 1 is 1.12 bits per heavy atom. The number of rotatable bonds is 6. The number of hydrogen-bond donors (Lipinski definition) is 1. The fourth-order valence-electron chi connectivity index (χ4n) is 3.63. The smallest absolute Gasteiger partial charge is 0.325 e. The molecule has 1 N–H and O–H groups in total. The van der Waals surface area contributed by atoms with Gasteiger partial charge in [-0.25, -0.2) is 0 Å². The van der Waals surface area contributed by atoms with Crippen molar-refractivity contribution in [3.05, 3.63) is 64.8 Å². The molecule has 0 bridgehead atoms. The van der Waals surface area contributed by atoms with E-state index in [4.69, 9.17) is 16.7 Å². The second kappa shape index (κ2) is 6.89. The van der Waals surface area contributed by atoms with Crippen LogP contribution in [0.3, 0.4) is 0 Å². The minimum atomic E-state index is -0.898. The van der Waals surface area contributed by atoms with Crippen LogP contribution in [0.25, 0.3) is 10.9 Å². The Kier molecular flexibility index (Phi) is 4.82. The average Bonchev–Trinajstić information content (AvgIpc) is 2.97. The summed E-state index contributed by atoms with van der Waals surface area (Å²) in [6.45, 7) is 4.14. The normalized spacial score (nSPS) is 11.8. The van der Waals surface area contributed by atoms with Crippen LogP contribution in [0.2, 0.25) is 5.02 Å². The van der Waals surface area contributed by atoms with E-state index in [1.54, 1.807) is 4.68 Å². The van der Waals surface area contributed by atoms with Crippen LogP contribution in [0.1, 0.15) is 37.9 Å². The number of carboxylic acid groups (broad SMARTS) is 1. The first-order valence-electron chi connectivity index (χ1n) is 8.45. The Labute approximate surface area is 152 Å². The van der Waals surface area contributed by atoms with Gasteiger partial charge in [-0.15, -0.1) is 0 Å². The lowest BCUT2D eigenvalue weighted by Gasteiger charge is -2.31. The summed E-state index contributed by atoms with van der Waals surface area (Å²) in [6.07, 6.45) is 1.72. The second-order valence-corrected chi connectivity index (χ2v) is 6.65. The van der Waals surface area contributed by atoms with Gasteiger partial charge in [-0.2, -0.15) is 5.10 Å². The van der Waals surface area contributed by atoms with E-state index in [0.29, 0.717) is 5.02 Å².